The van der Waals surface area contributed by atoms with E-state index in [1.54, 1.807) is 0 Å². The predicted molar refractivity (Wildman–Crippen MR) is 51.3 cm³/mol. The molecule has 4 nitrogen and oxygen atoms in total. The fraction of sp³-hybridized carbons (Fsp3) is 0.500. The van der Waals surface area contributed by atoms with Crippen LogP contribution in [0.5, 0.6) is 0 Å². The molecule has 5 heteroatoms. The van der Waals surface area contributed by atoms with Crippen LogP contribution in [0.4, 0.5) is 0 Å². The standard InChI is InChI=1S/C8H12N2O2S/c1-10(2)4-3-7-6(8(11)12)5-9-13-7/h5H,3-4H2,1-2H3,(H,11,12). The second kappa shape index (κ2) is 4.34. The van der Waals surface area contributed by atoms with E-state index in [1.807, 2.05) is 19.0 Å². The van der Waals surface area contributed by atoms with Crippen LogP contribution in [-0.4, -0.2) is 41.0 Å². The number of carbonyl (C=O) groups is 1. The number of likely N-dealkylation sites (N-methyl/N-ethyl adjacent to an activating group) is 1. The summed E-state index contributed by atoms with van der Waals surface area (Å²) in [6.07, 6.45) is 2.16. The monoisotopic (exact) mass is 200 g/mol. The zero-order chi connectivity index (χ0) is 9.84. The number of aromatic carboxylic acids is 1. The summed E-state index contributed by atoms with van der Waals surface area (Å²) in [4.78, 5) is 13.5. The summed E-state index contributed by atoms with van der Waals surface area (Å²) < 4.78 is 3.86. The minimum Gasteiger partial charge on any atom is -0.478 e. The molecule has 72 valence electrons. The van der Waals surface area contributed by atoms with Gasteiger partial charge in [-0.2, -0.15) is 4.37 Å². The van der Waals surface area contributed by atoms with Crippen molar-refractivity contribution >= 4 is 17.5 Å². The van der Waals surface area contributed by atoms with E-state index >= 15 is 0 Å². The maximum absolute atomic E-state index is 10.7. The first-order valence-electron chi connectivity index (χ1n) is 3.93. The van der Waals surface area contributed by atoms with Gasteiger partial charge < -0.3 is 10.0 Å². The maximum atomic E-state index is 10.7. The highest BCUT2D eigenvalue weighted by Crippen LogP contribution is 2.14. The first-order valence-corrected chi connectivity index (χ1v) is 4.70. The van der Waals surface area contributed by atoms with Crippen LogP contribution in [0.3, 0.4) is 0 Å². The largest absolute Gasteiger partial charge is 0.478 e. The molecule has 0 bridgehead atoms. The zero-order valence-electron chi connectivity index (χ0n) is 7.65. The van der Waals surface area contributed by atoms with Crippen LogP contribution in [0.1, 0.15) is 15.2 Å². The number of carboxylic acid groups (broad SMARTS) is 1. The Hall–Kier alpha value is -0.940. The van der Waals surface area contributed by atoms with Crippen LogP contribution < -0.4 is 0 Å². The van der Waals surface area contributed by atoms with E-state index in [4.69, 9.17) is 5.11 Å². The van der Waals surface area contributed by atoms with E-state index in [1.165, 1.54) is 17.7 Å². The van der Waals surface area contributed by atoms with Crippen LogP contribution in [0.2, 0.25) is 0 Å². The SMILES string of the molecule is CN(C)CCc1sncc1C(=O)O. The van der Waals surface area contributed by atoms with Crippen molar-refractivity contribution in [3.05, 3.63) is 16.6 Å². The molecule has 0 aliphatic heterocycles. The Kier molecular flexibility index (Phi) is 3.39. The first-order chi connectivity index (χ1) is 6.11. The van der Waals surface area contributed by atoms with Crippen LogP contribution in [0, 0.1) is 0 Å². The highest BCUT2D eigenvalue weighted by atomic mass is 32.1. The Balaban J connectivity index is 2.65. The third kappa shape index (κ3) is 2.78. The quantitative estimate of drug-likeness (QED) is 0.786. The average molecular weight is 200 g/mol. The fourth-order valence-electron chi connectivity index (χ4n) is 0.944. The highest BCUT2D eigenvalue weighted by molar-refractivity contribution is 7.06. The molecule has 0 saturated carbocycles. The lowest BCUT2D eigenvalue weighted by atomic mass is 10.2. The van der Waals surface area contributed by atoms with Gasteiger partial charge >= 0.3 is 5.97 Å². The van der Waals surface area contributed by atoms with Crippen molar-refractivity contribution in [1.29, 1.82) is 0 Å². The van der Waals surface area contributed by atoms with Crippen molar-refractivity contribution in [3.63, 3.8) is 0 Å². The summed E-state index contributed by atoms with van der Waals surface area (Å²) in [5.41, 5.74) is 0.340. The van der Waals surface area contributed by atoms with Crippen molar-refractivity contribution in [1.82, 2.24) is 9.27 Å². The van der Waals surface area contributed by atoms with Crippen molar-refractivity contribution in [2.24, 2.45) is 0 Å². The molecule has 0 aliphatic carbocycles. The molecule has 1 aromatic rings. The van der Waals surface area contributed by atoms with Gasteiger partial charge in [0.25, 0.3) is 0 Å². The third-order valence-electron chi connectivity index (χ3n) is 1.66. The number of hydrogen-bond acceptors (Lipinski definition) is 4. The van der Waals surface area contributed by atoms with Gasteiger partial charge in [0.05, 0.1) is 11.8 Å². The molecule has 1 rings (SSSR count). The zero-order valence-corrected chi connectivity index (χ0v) is 8.47. The van der Waals surface area contributed by atoms with Gasteiger partial charge in [0.1, 0.15) is 0 Å². The second-order valence-electron chi connectivity index (χ2n) is 3.02. The van der Waals surface area contributed by atoms with Crippen LogP contribution in [0.25, 0.3) is 0 Å². The maximum Gasteiger partial charge on any atom is 0.338 e. The van der Waals surface area contributed by atoms with Gasteiger partial charge in [-0.3, -0.25) is 0 Å². The van der Waals surface area contributed by atoms with Crippen LogP contribution >= 0.6 is 11.5 Å². The van der Waals surface area contributed by atoms with Crippen LogP contribution in [0.15, 0.2) is 6.20 Å². The number of hydrogen-bond donors (Lipinski definition) is 1. The first kappa shape index (κ1) is 10.1. The topological polar surface area (TPSA) is 53.4 Å². The molecule has 0 aliphatic rings. The summed E-state index contributed by atoms with van der Waals surface area (Å²) in [7, 11) is 3.92. The lowest BCUT2D eigenvalue weighted by Gasteiger charge is -2.07. The molecule has 0 radical (unpaired) electrons. The highest BCUT2D eigenvalue weighted by Gasteiger charge is 2.12. The Morgan fingerprint density at radius 3 is 2.92 bits per heavy atom. The van der Waals surface area contributed by atoms with Crippen molar-refractivity contribution in [3.8, 4) is 0 Å². The molecule has 0 saturated heterocycles. The molecule has 0 atom stereocenters. The number of nitrogens with zero attached hydrogens (tertiary/aromatic N) is 2. The van der Waals surface area contributed by atoms with Gasteiger partial charge in [-0.05, 0) is 32.0 Å². The summed E-state index contributed by atoms with van der Waals surface area (Å²) in [6, 6.07) is 0. The third-order valence-corrected chi connectivity index (χ3v) is 2.52. The molecule has 0 unspecified atom stereocenters. The normalized spacial score (nSPS) is 10.7. The number of carboxylic acids is 1. The van der Waals surface area contributed by atoms with Gasteiger partial charge in [0, 0.05) is 11.4 Å². The van der Waals surface area contributed by atoms with E-state index in [9.17, 15) is 4.79 Å². The predicted octanol–water partition coefficient (Wildman–Crippen LogP) is 0.945. The molecule has 0 aromatic carbocycles. The van der Waals surface area contributed by atoms with E-state index < -0.39 is 5.97 Å². The molecule has 0 spiro atoms. The molecule has 1 N–H and O–H groups in total. The van der Waals surface area contributed by atoms with Crippen molar-refractivity contribution in [2.75, 3.05) is 20.6 Å². The van der Waals surface area contributed by atoms with Gasteiger partial charge in [0.2, 0.25) is 0 Å². The molecule has 0 fully saturated rings. The molecular weight excluding hydrogens is 188 g/mol. The van der Waals surface area contributed by atoms with Crippen molar-refractivity contribution in [2.45, 2.75) is 6.42 Å². The Morgan fingerprint density at radius 1 is 1.69 bits per heavy atom. The van der Waals surface area contributed by atoms with E-state index in [0.29, 0.717) is 5.56 Å². The van der Waals surface area contributed by atoms with E-state index in [-0.39, 0.29) is 0 Å². The second-order valence-corrected chi connectivity index (χ2v) is 3.91. The van der Waals surface area contributed by atoms with Crippen molar-refractivity contribution < 1.29 is 9.90 Å². The lowest BCUT2D eigenvalue weighted by molar-refractivity contribution is 0.0696. The van der Waals surface area contributed by atoms with E-state index in [0.717, 1.165) is 17.8 Å². The van der Waals surface area contributed by atoms with Gasteiger partial charge in [-0.15, -0.1) is 0 Å². The summed E-state index contributed by atoms with van der Waals surface area (Å²) >= 11 is 1.26. The van der Waals surface area contributed by atoms with Gasteiger partial charge in [-0.25, -0.2) is 4.79 Å². The minimum absolute atomic E-state index is 0.340. The molecule has 1 aromatic heterocycles. The molecule has 0 amide bonds. The fourth-order valence-corrected chi connectivity index (χ4v) is 1.65. The minimum atomic E-state index is -0.887. The Bertz CT molecular complexity index is 296. The average Bonchev–Trinajstić information content (AvgIpc) is 2.47. The summed E-state index contributed by atoms with van der Waals surface area (Å²) in [5.74, 6) is -0.887. The summed E-state index contributed by atoms with van der Waals surface area (Å²) in [5, 5.41) is 8.77. The van der Waals surface area contributed by atoms with Gasteiger partial charge in [0.15, 0.2) is 0 Å². The molecule has 1 heterocycles. The lowest BCUT2D eigenvalue weighted by Crippen LogP contribution is -2.15. The Morgan fingerprint density at radius 2 is 2.38 bits per heavy atom. The number of aromatic nitrogens is 1. The van der Waals surface area contributed by atoms with E-state index in [2.05, 4.69) is 4.37 Å². The molecule has 13 heavy (non-hydrogen) atoms. The molecular formula is C8H12N2O2S. The number of rotatable bonds is 4. The summed E-state index contributed by atoms with van der Waals surface area (Å²) in [6.45, 7) is 0.850. The Labute approximate surface area is 81.0 Å². The van der Waals surface area contributed by atoms with Crippen LogP contribution in [-0.2, 0) is 6.42 Å². The smallest absolute Gasteiger partial charge is 0.338 e. The van der Waals surface area contributed by atoms with Gasteiger partial charge in [-0.1, -0.05) is 0 Å².